The van der Waals surface area contributed by atoms with Gasteiger partial charge in [0.1, 0.15) is 11.4 Å². The van der Waals surface area contributed by atoms with Crippen LogP contribution in [-0.2, 0) is 7.05 Å². The Labute approximate surface area is 139 Å². The van der Waals surface area contributed by atoms with Crippen LogP contribution in [0.3, 0.4) is 0 Å². The fourth-order valence-corrected chi connectivity index (χ4v) is 3.35. The monoisotopic (exact) mass is 325 g/mol. The average molecular weight is 325 g/mol. The quantitative estimate of drug-likeness (QED) is 0.736. The first kappa shape index (κ1) is 14.7. The largest absolute Gasteiger partial charge is 0.479 e. The molecule has 3 heterocycles. The summed E-state index contributed by atoms with van der Waals surface area (Å²) in [6.45, 7) is 3.34. The van der Waals surface area contributed by atoms with Crippen LogP contribution in [0.15, 0.2) is 30.5 Å². The molecule has 2 aromatic heterocycles. The normalized spacial score (nSPS) is 14.9. The Morgan fingerprint density at radius 1 is 1.29 bits per heavy atom. The fourth-order valence-electron chi connectivity index (χ4n) is 3.35. The average Bonchev–Trinajstić information content (AvgIpc) is 3.06. The zero-order chi connectivity index (χ0) is 16.8. The molecular formula is C17H19N5O2. The van der Waals surface area contributed by atoms with E-state index in [1.165, 1.54) is 7.11 Å². The van der Waals surface area contributed by atoms with E-state index in [2.05, 4.69) is 20.7 Å². The molecule has 1 amide bonds. The lowest BCUT2D eigenvalue weighted by Gasteiger charge is -2.40. The first-order valence-corrected chi connectivity index (χ1v) is 7.89. The van der Waals surface area contributed by atoms with E-state index in [1.54, 1.807) is 17.9 Å². The number of carbonyl (C=O) groups is 1. The maximum absolute atomic E-state index is 12.7. The van der Waals surface area contributed by atoms with Crippen molar-refractivity contribution in [2.45, 2.75) is 13.0 Å². The third-order valence-corrected chi connectivity index (χ3v) is 4.51. The lowest BCUT2D eigenvalue weighted by molar-refractivity contribution is 0.0520. The Balaban J connectivity index is 1.55. The number of carbonyl (C=O) groups excluding carboxylic acids is 1. The van der Waals surface area contributed by atoms with Crippen LogP contribution in [-0.4, -0.2) is 50.3 Å². The van der Waals surface area contributed by atoms with Crippen molar-refractivity contribution in [3.63, 3.8) is 0 Å². The molecule has 1 aliphatic rings. The summed E-state index contributed by atoms with van der Waals surface area (Å²) in [6.07, 6.45) is 1.70. The maximum Gasteiger partial charge on any atom is 0.261 e. The molecule has 1 aliphatic heterocycles. The van der Waals surface area contributed by atoms with Crippen LogP contribution in [0.25, 0.3) is 11.0 Å². The van der Waals surface area contributed by atoms with Crippen LogP contribution in [0, 0.1) is 6.92 Å². The maximum atomic E-state index is 12.7. The van der Waals surface area contributed by atoms with E-state index in [0.29, 0.717) is 24.5 Å². The number of nitrogens with zero attached hydrogens (tertiary/aromatic N) is 5. The van der Waals surface area contributed by atoms with Crippen LogP contribution in [0.2, 0.25) is 0 Å². The Kier molecular flexibility index (Phi) is 3.30. The highest BCUT2D eigenvalue weighted by atomic mass is 16.5. The van der Waals surface area contributed by atoms with Gasteiger partial charge in [0.25, 0.3) is 5.91 Å². The van der Waals surface area contributed by atoms with Gasteiger partial charge >= 0.3 is 0 Å². The first-order chi connectivity index (χ1) is 11.6. The standard InChI is InChI=1S/C17H19N5O2/c1-11-18-14-6-4-5-7-15(14)22(11)12-8-21(9-12)17(23)13-10-20(2)19-16(13)24-3/h4-7,10,12H,8-9H2,1-3H3. The van der Waals surface area contributed by atoms with Crippen molar-refractivity contribution in [3.05, 3.63) is 41.9 Å². The SMILES string of the molecule is COc1nn(C)cc1C(=O)N1CC(n2c(C)nc3ccccc32)C1. The van der Waals surface area contributed by atoms with Gasteiger partial charge in [-0.15, -0.1) is 5.10 Å². The molecule has 0 atom stereocenters. The summed E-state index contributed by atoms with van der Waals surface area (Å²) in [6, 6.07) is 8.35. The predicted molar refractivity (Wildman–Crippen MR) is 89.2 cm³/mol. The van der Waals surface area contributed by atoms with Crippen LogP contribution in [0.5, 0.6) is 5.88 Å². The van der Waals surface area contributed by atoms with Crippen molar-refractivity contribution in [2.24, 2.45) is 7.05 Å². The minimum atomic E-state index is -0.0433. The number of aryl methyl sites for hydroxylation is 2. The lowest BCUT2D eigenvalue weighted by atomic mass is 10.1. The van der Waals surface area contributed by atoms with Gasteiger partial charge in [0, 0.05) is 26.3 Å². The zero-order valence-corrected chi connectivity index (χ0v) is 13.9. The molecule has 0 saturated carbocycles. The van der Waals surface area contributed by atoms with Crippen molar-refractivity contribution >= 4 is 16.9 Å². The number of rotatable bonds is 3. The second kappa shape index (κ2) is 5.36. The van der Waals surface area contributed by atoms with Gasteiger partial charge < -0.3 is 14.2 Å². The van der Waals surface area contributed by atoms with E-state index < -0.39 is 0 Å². The number of hydrogen-bond acceptors (Lipinski definition) is 4. The minimum absolute atomic E-state index is 0.0433. The van der Waals surface area contributed by atoms with Crippen molar-refractivity contribution in [3.8, 4) is 5.88 Å². The minimum Gasteiger partial charge on any atom is -0.479 e. The molecule has 1 aromatic carbocycles. The van der Waals surface area contributed by atoms with Gasteiger partial charge in [-0.3, -0.25) is 9.48 Å². The van der Waals surface area contributed by atoms with Crippen molar-refractivity contribution < 1.29 is 9.53 Å². The number of likely N-dealkylation sites (tertiary alicyclic amines) is 1. The Morgan fingerprint density at radius 3 is 2.79 bits per heavy atom. The molecule has 24 heavy (non-hydrogen) atoms. The molecule has 0 bridgehead atoms. The third kappa shape index (κ3) is 2.16. The zero-order valence-electron chi connectivity index (χ0n) is 13.9. The fraction of sp³-hybridized carbons (Fsp3) is 0.353. The van der Waals surface area contributed by atoms with E-state index in [9.17, 15) is 4.79 Å². The summed E-state index contributed by atoms with van der Waals surface area (Å²) in [5.41, 5.74) is 2.62. The molecule has 7 nitrogen and oxygen atoms in total. The molecule has 4 rings (SSSR count). The molecule has 0 radical (unpaired) electrons. The van der Waals surface area contributed by atoms with E-state index >= 15 is 0 Å². The van der Waals surface area contributed by atoms with Crippen LogP contribution >= 0.6 is 0 Å². The van der Waals surface area contributed by atoms with Gasteiger partial charge in [0.2, 0.25) is 5.88 Å². The summed E-state index contributed by atoms with van der Waals surface area (Å²) in [7, 11) is 3.30. The molecule has 3 aromatic rings. The number of ether oxygens (including phenoxy) is 1. The van der Waals surface area contributed by atoms with Gasteiger partial charge in [-0.2, -0.15) is 0 Å². The Morgan fingerprint density at radius 2 is 2.04 bits per heavy atom. The second-order valence-corrected chi connectivity index (χ2v) is 6.11. The molecule has 1 saturated heterocycles. The summed E-state index contributed by atoms with van der Waals surface area (Å²) in [4.78, 5) is 19.1. The van der Waals surface area contributed by atoms with Gasteiger partial charge in [-0.1, -0.05) is 12.1 Å². The number of hydrogen-bond donors (Lipinski definition) is 0. The van der Waals surface area contributed by atoms with Crippen molar-refractivity contribution in [1.82, 2.24) is 24.2 Å². The molecule has 124 valence electrons. The highest BCUT2D eigenvalue weighted by Gasteiger charge is 2.35. The van der Waals surface area contributed by atoms with E-state index in [4.69, 9.17) is 4.74 Å². The number of amides is 1. The number of benzene rings is 1. The highest BCUT2D eigenvalue weighted by Crippen LogP contribution is 2.30. The molecular weight excluding hydrogens is 306 g/mol. The van der Waals surface area contributed by atoms with Crippen LogP contribution in [0.4, 0.5) is 0 Å². The summed E-state index contributed by atoms with van der Waals surface area (Å²) in [5, 5.41) is 4.15. The first-order valence-electron chi connectivity index (χ1n) is 7.89. The predicted octanol–water partition coefficient (Wildman–Crippen LogP) is 1.78. The molecule has 0 aliphatic carbocycles. The van der Waals surface area contributed by atoms with Crippen molar-refractivity contribution in [1.29, 1.82) is 0 Å². The molecule has 0 N–H and O–H groups in total. The summed E-state index contributed by atoms with van der Waals surface area (Å²) >= 11 is 0. The van der Waals surface area contributed by atoms with Gasteiger partial charge in [0.05, 0.1) is 24.2 Å². The van der Waals surface area contributed by atoms with Crippen LogP contribution < -0.4 is 4.74 Å². The number of aromatic nitrogens is 4. The van der Waals surface area contributed by atoms with Gasteiger partial charge in [-0.25, -0.2) is 4.98 Å². The second-order valence-electron chi connectivity index (χ2n) is 6.11. The van der Waals surface area contributed by atoms with E-state index in [0.717, 1.165) is 16.9 Å². The number of imidazole rings is 1. The summed E-state index contributed by atoms with van der Waals surface area (Å²) < 4.78 is 9.00. The highest BCUT2D eigenvalue weighted by molar-refractivity contribution is 5.96. The van der Waals surface area contributed by atoms with E-state index in [-0.39, 0.29) is 11.9 Å². The number of para-hydroxylation sites is 2. The molecule has 7 heteroatoms. The van der Waals surface area contributed by atoms with Crippen LogP contribution in [0.1, 0.15) is 22.2 Å². The smallest absolute Gasteiger partial charge is 0.261 e. The molecule has 0 unspecified atom stereocenters. The number of methoxy groups -OCH3 is 1. The van der Waals surface area contributed by atoms with Crippen molar-refractivity contribution in [2.75, 3.05) is 20.2 Å². The topological polar surface area (TPSA) is 65.2 Å². The Hall–Kier alpha value is -2.83. The van der Waals surface area contributed by atoms with Gasteiger partial charge in [0.15, 0.2) is 0 Å². The molecule has 1 fully saturated rings. The lowest BCUT2D eigenvalue weighted by Crippen LogP contribution is -2.50. The van der Waals surface area contributed by atoms with Gasteiger partial charge in [-0.05, 0) is 19.1 Å². The van der Waals surface area contributed by atoms with E-state index in [1.807, 2.05) is 30.0 Å². The molecule has 0 spiro atoms. The third-order valence-electron chi connectivity index (χ3n) is 4.51. The summed E-state index contributed by atoms with van der Waals surface area (Å²) in [5.74, 6) is 1.31. The Bertz CT molecular complexity index is 920. The number of fused-ring (bicyclic) bond motifs is 1.